The van der Waals surface area contributed by atoms with Gasteiger partial charge in [-0.15, -0.1) is 0 Å². The molecular weight excluding hydrogens is 229 g/mol. The average Bonchev–Trinajstić information content (AvgIpc) is 2.80. The number of hydrogen-bond acceptors (Lipinski definition) is 2. The molecule has 0 aliphatic rings. The molecule has 0 saturated heterocycles. The first-order valence-corrected chi connectivity index (χ1v) is 6.20. The van der Waals surface area contributed by atoms with Crippen LogP contribution in [0.25, 0.3) is 11.4 Å². The third-order valence-corrected chi connectivity index (χ3v) is 2.86. The SMILES string of the molecule is CCCn1ccnc1-c1cc(F)ccc1CNC. The minimum atomic E-state index is -0.226. The van der Waals surface area contributed by atoms with Gasteiger partial charge in [0.05, 0.1) is 0 Å². The molecule has 3 nitrogen and oxygen atoms in total. The first-order valence-electron chi connectivity index (χ1n) is 6.20. The molecule has 96 valence electrons. The summed E-state index contributed by atoms with van der Waals surface area (Å²) in [6.07, 6.45) is 4.73. The molecule has 4 heteroatoms. The van der Waals surface area contributed by atoms with E-state index >= 15 is 0 Å². The third kappa shape index (κ3) is 2.59. The maximum absolute atomic E-state index is 13.4. The van der Waals surface area contributed by atoms with E-state index in [1.54, 1.807) is 12.3 Å². The van der Waals surface area contributed by atoms with E-state index in [0.29, 0.717) is 6.54 Å². The standard InChI is InChI=1S/C14H18FN3/c1-3-7-18-8-6-17-14(18)13-9-12(15)5-4-11(13)10-16-2/h4-6,8-9,16H,3,7,10H2,1-2H3. The normalized spacial score (nSPS) is 10.8. The van der Waals surface area contributed by atoms with Gasteiger partial charge in [0.15, 0.2) is 0 Å². The van der Waals surface area contributed by atoms with Gasteiger partial charge in [-0.05, 0) is 31.2 Å². The Hall–Kier alpha value is -1.68. The van der Waals surface area contributed by atoms with Gasteiger partial charge in [0.1, 0.15) is 11.6 Å². The van der Waals surface area contributed by atoms with Crippen LogP contribution in [0.5, 0.6) is 0 Å². The topological polar surface area (TPSA) is 29.9 Å². The summed E-state index contributed by atoms with van der Waals surface area (Å²) in [4.78, 5) is 4.36. The highest BCUT2D eigenvalue weighted by Gasteiger charge is 2.11. The summed E-state index contributed by atoms with van der Waals surface area (Å²) in [5.41, 5.74) is 1.92. The number of rotatable bonds is 5. The smallest absolute Gasteiger partial charge is 0.140 e. The molecule has 0 unspecified atom stereocenters. The van der Waals surface area contributed by atoms with E-state index < -0.39 is 0 Å². The van der Waals surface area contributed by atoms with Crippen molar-refractivity contribution in [1.82, 2.24) is 14.9 Å². The Morgan fingerprint density at radius 1 is 1.39 bits per heavy atom. The summed E-state index contributed by atoms with van der Waals surface area (Å²) < 4.78 is 15.5. The maximum atomic E-state index is 13.4. The molecule has 1 aromatic carbocycles. The molecule has 0 bridgehead atoms. The molecule has 0 aliphatic heterocycles. The van der Waals surface area contributed by atoms with Gasteiger partial charge in [-0.1, -0.05) is 13.0 Å². The van der Waals surface area contributed by atoms with Gasteiger partial charge in [-0.2, -0.15) is 0 Å². The molecule has 1 N–H and O–H groups in total. The fraction of sp³-hybridized carbons (Fsp3) is 0.357. The van der Waals surface area contributed by atoms with Crippen molar-refractivity contribution in [3.05, 3.63) is 42.0 Å². The Balaban J connectivity index is 2.47. The van der Waals surface area contributed by atoms with Crippen LogP contribution < -0.4 is 5.32 Å². The molecule has 0 fully saturated rings. The van der Waals surface area contributed by atoms with Crippen molar-refractivity contribution in [3.63, 3.8) is 0 Å². The summed E-state index contributed by atoms with van der Waals surface area (Å²) in [7, 11) is 1.88. The van der Waals surface area contributed by atoms with Gasteiger partial charge in [-0.25, -0.2) is 9.37 Å². The fourth-order valence-corrected chi connectivity index (χ4v) is 2.08. The van der Waals surface area contributed by atoms with Crippen LogP contribution in [-0.4, -0.2) is 16.6 Å². The van der Waals surface area contributed by atoms with Gasteiger partial charge in [0.2, 0.25) is 0 Å². The Morgan fingerprint density at radius 3 is 2.94 bits per heavy atom. The molecule has 0 aliphatic carbocycles. The number of aromatic nitrogens is 2. The molecule has 2 aromatic rings. The van der Waals surface area contributed by atoms with E-state index in [0.717, 1.165) is 29.9 Å². The van der Waals surface area contributed by atoms with Crippen LogP contribution in [0.15, 0.2) is 30.6 Å². The highest BCUT2D eigenvalue weighted by atomic mass is 19.1. The lowest BCUT2D eigenvalue weighted by atomic mass is 10.1. The van der Waals surface area contributed by atoms with Crippen LogP contribution in [0.2, 0.25) is 0 Å². The highest BCUT2D eigenvalue weighted by Crippen LogP contribution is 2.23. The Kier molecular flexibility index (Phi) is 4.10. The van der Waals surface area contributed by atoms with Gasteiger partial charge >= 0.3 is 0 Å². The van der Waals surface area contributed by atoms with E-state index in [9.17, 15) is 4.39 Å². The summed E-state index contributed by atoms with van der Waals surface area (Å²) in [6, 6.07) is 4.86. The van der Waals surface area contributed by atoms with Gasteiger partial charge in [0.25, 0.3) is 0 Å². The first-order chi connectivity index (χ1) is 8.76. The predicted octanol–water partition coefficient (Wildman–Crippen LogP) is 2.82. The second kappa shape index (κ2) is 5.78. The zero-order valence-corrected chi connectivity index (χ0v) is 10.8. The Bertz CT molecular complexity index is 520. The van der Waals surface area contributed by atoms with Gasteiger partial charge < -0.3 is 9.88 Å². The van der Waals surface area contributed by atoms with E-state index in [1.165, 1.54) is 6.07 Å². The van der Waals surface area contributed by atoms with Crippen LogP contribution in [0, 0.1) is 5.82 Å². The number of benzene rings is 1. The van der Waals surface area contributed by atoms with E-state index in [-0.39, 0.29) is 5.82 Å². The molecule has 0 amide bonds. The Labute approximate surface area is 107 Å². The molecular formula is C14H18FN3. The minimum absolute atomic E-state index is 0.226. The molecule has 0 radical (unpaired) electrons. The second-order valence-electron chi connectivity index (χ2n) is 4.28. The lowest BCUT2D eigenvalue weighted by molar-refractivity contribution is 0.625. The van der Waals surface area contributed by atoms with Gasteiger partial charge in [-0.3, -0.25) is 0 Å². The molecule has 0 saturated carbocycles. The van der Waals surface area contributed by atoms with Crippen molar-refractivity contribution < 1.29 is 4.39 Å². The molecule has 0 atom stereocenters. The van der Waals surface area contributed by atoms with Crippen molar-refractivity contribution in [2.24, 2.45) is 0 Å². The van der Waals surface area contributed by atoms with Crippen LogP contribution in [0.4, 0.5) is 4.39 Å². The van der Waals surface area contributed by atoms with Crippen molar-refractivity contribution in [2.45, 2.75) is 26.4 Å². The van der Waals surface area contributed by atoms with Gasteiger partial charge in [0, 0.05) is 31.0 Å². The molecule has 18 heavy (non-hydrogen) atoms. The lowest BCUT2D eigenvalue weighted by Gasteiger charge is -2.11. The van der Waals surface area contributed by atoms with E-state index in [4.69, 9.17) is 0 Å². The van der Waals surface area contributed by atoms with Crippen molar-refractivity contribution >= 4 is 0 Å². The van der Waals surface area contributed by atoms with Crippen molar-refractivity contribution in [2.75, 3.05) is 7.05 Å². The molecule has 1 heterocycles. The fourth-order valence-electron chi connectivity index (χ4n) is 2.08. The number of nitrogens with zero attached hydrogens (tertiary/aromatic N) is 2. The molecule has 2 rings (SSSR count). The number of nitrogens with one attached hydrogen (secondary N) is 1. The summed E-state index contributed by atoms with van der Waals surface area (Å²) >= 11 is 0. The predicted molar refractivity (Wildman–Crippen MR) is 70.7 cm³/mol. The van der Waals surface area contributed by atoms with Crippen LogP contribution >= 0.6 is 0 Å². The third-order valence-electron chi connectivity index (χ3n) is 2.86. The summed E-state index contributed by atoms with van der Waals surface area (Å²) in [6.45, 7) is 3.71. The first kappa shape index (κ1) is 12.8. The zero-order valence-electron chi connectivity index (χ0n) is 10.8. The van der Waals surface area contributed by atoms with Crippen LogP contribution in [0.1, 0.15) is 18.9 Å². The Morgan fingerprint density at radius 2 is 2.22 bits per heavy atom. The lowest BCUT2D eigenvalue weighted by Crippen LogP contribution is -2.08. The average molecular weight is 247 g/mol. The molecule has 0 spiro atoms. The van der Waals surface area contributed by atoms with Crippen molar-refractivity contribution in [1.29, 1.82) is 0 Å². The summed E-state index contributed by atoms with van der Waals surface area (Å²) in [5, 5.41) is 3.10. The summed E-state index contributed by atoms with van der Waals surface area (Å²) in [5.74, 6) is 0.609. The highest BCUT2D eigenvalue weighted by molar-refractivity contribution is 5.61. The number of hydrogen-bond donors (Lipinski definition) is 1. The zero-order chi connectivity index (χ0) is 13.0. The largest absolute Gasteiger partial charge is 0.331 e. The van der Waals surface area contributed by atoms with Crippen molar-refractivity contribution in [3.8, 4) is 11.4 Å². The quantitative estimate of drug-likeness (QED) is 0.880. The number of aryl methyl sites for hydroxylation is 1. The molecule has 1 aromatic heterocycles. The van der Waals surface area contributed by atoms with E-state index in [1.807, 2.05) is 19.3 Å². The van der Waals surface area contributed by atoms with E-state index in [2.05, 4.69) is 21.8 Å². The second-order valence-corrected chi connectivity index (χ2v) is 4.28. The maximum Gasteiger partial charge on any atom is 0.140 e. The number of halogens is 1. The van der Waals surface area contributed by atoms with Crippen LogP contribution in [-0.2, 0) is 13.1 Å². The number of imidazole rings is 1. The van der Waals surface area contributed by atoms with Crippen LogP contribution in [0.3, 0.4) is 0 Å². The minimum Gasteiger partial charge on any atom is -0.331 e. The monoisotopic (exact) mass is 247 g/mol.